The zero-order chi connectivity index (χ0) is 14.5. The van der Waals surface area contributed by atoms with Gasteiger partial charge in [-0.1, -0.05) is 18.2 Å². The Morgan fingerprint density at radius 1 is 1.40 bits per heavy atom. The average Bonchev–Trinajstić information content (AvgIpc) is 2.76. The molecule has 0 saturated carbocycles. The van der Waals surface area contributed by atoms with Crippen molar-refractivity contribution in [3.05, 3.63) is 35.6 Å². The minimum atomic E-state index is -0.976. The van der Waals surface area contributed by atoms with E-state index in [2.05, 4.69) is 5.32 Å². The summed E-state index contributed by atoms with van der Waals surface area (Å²) in [5, 5.41) is 22.2. The molecule has 0 spiro atoms. The second-order valence-corrected chi connectivity index (χ2v) is 4.87. The predicted molar refractivity (Wildman–Crippen MR) is 75.8 cm³/mol. The first-order chi connectivity index (χ1) is 9.59. The van der Waals surface area contributed by atoms with E-state index >= 15 is 0 Å². The molecule has 3 N–H and O–H groups in total. The largest absolute Gasteiger partial charge is 0.478 e. The number of carboxylic acid groups (broad SMARTS) is 1. The van der Waals surface area contributed by atoms with Crippen LogP contribution >= 0.6 is 0 Å². The number of nitrogens with one attached hydrogen (secondary N) is 1. The third-order valence-electron chi connectivity index (χ3n) is 3.14. The van der Waals surface area contributed by atoms with Gasteiger partial charge in [-0.05, 0) is 32.4 Å². The van der Waals surface area contributed by atoms with Crippen molar-refractivity contribution in [1.82, 2.24) is 5.32 Å². The van der Waals surface area contributed by atoms with Crippen LogP contribution in [0.5, 0.6) is 0 Å². The molecule has 1 aromatic heterocycles. The van der Waals surface area contributed by atoms with Crippen molar-refractivity contribution in [3.8, 4) is 0 Å². The Labute approximate surface area is 117 Å². The van der Waals surface area contributed by atoms with Crippen molar-refractivity contribution in [2.75, 3.05) is 6.54 Å². The Morgan fingerprint density at radius 3 is 2.85 bits per heavy atom. The van der Waals surface area contributed by atoms with Crippen molar-refractivity contribution in [3.63, 3.8) is 0 Å². The van der Waals surface area contributed by atoms with Gasteiger partial charge in [0.2, 0.25) is 0 Å². The number of aromatic carboxylic acids is 1. The summed E-state index contributed by atoms with van der Waals surface area (Å²) >= 11 is 0. The molecule has 0 amide bonds. The molecule has 2 aromatic rings. The normalized spacial score (nSPS) is 12.7. The predicted octanol–water partition coefficient (Wildman–Crippen LogP) is 2.38. The number of hydrogen-bond acceptors (Lipinski definition) is 4. The summed E-state index contributed by atoms with van der Waals surface area (Å²) in [4.78, 5) is 11.4. The molecular formula is C15H19NO4. The molecule has 20 heavy (non-hydrogen) atoms. The van der Waals surface area contributed by atoms with Gasteiger partial charge in [0.1, 0.15) is 16.9 Å². The lowest BCUT2D eigenvalue weighted by molar-refractivity contribution is 0.0696. The highest BCUT2D eigenvalue weighted by Crippen LogP contribution is 2.25. The van der Waals surface area contributed by atoms with Crippen LogP contribution in [0.1, 0.15) is 35.9 Å². The van der Waals surface area contributed by atoms with Crippen molar-refractivity contribution in [2.45, 2.75) is 32.4 Å². The number of rotatable bonds is 7. The minimum absolute atomic E-state index is 0.226. The summed E-state index contributed by atoms with van der Waals surface area (Å²) in [5.74, 6) is -0.536. The van der Waals surface area contributed by atoms with Crippen LogP contribution in [0.4, 0.5) is 0 Å². The van der Waals surface area contributed by atoms with Gasteiger partial charge in [0.15, 0.2) is 0 Å². The van der Waals surface area contributed by atoms with Gasteiger partial charge in [0.05, 0.1) is 12.6 Å². The van der Waals surface area contributed by atoms with E-state index in [1.807, 2.05) is 6.07 Å². The standard InChI is InChI=1S/C15H19NO4/c1-10(17)5-4-8-16-9-13-14(15(18)19)11-6-2-3-7-12(11)20-13/h2-3,6-7,10,16-17H,4-5,8-9H2,1H3,(H,18,19). The second kappa shape index (κ2) is 6.54. The van der Waals surface area contributed by atoms with E-state index < -0.39 is 5.97 Å². The highest BCUT2D eigenvalue weighted by molar-refractivity contribution is 6.03. The number of benzene rings is 1. The van der Waals surface area contributed by atoms with Gasteiger partial charge in [-0.25, -0.2) is 4.79 Å². The smallest absolute Gasteiger partial charge is 0.339 e. The summed E-state index contributed by atoms with van der Waals surface area (Å²) in [6, 6.07) is 7.12. The molecule has 5 heteroatoms. The van der Waals surface area contributed by atoms with Crippen LogP contribution in [0.3, 0.4) is 0 Å². The maximum Gasteiger partial charge on any atom is 0.339 e. The summed E-state index contributed by atoms with van der Waals surface area (Å²) in [7, 11) is 0. The topological polar surface area (TPSA) is 82.7 Å². The quantitative estimate of drug-likeness (QED) is 0.677. The van der Waals surface area contributed by atoms with Crippen molar-refractivity contribution in [1.29, 1.82) is 0 Å². The fraction of sp³-hybridized carbons (Fsp3) is 0.400. The number of hydrogen-bond donors (Lipinski definition) is 3. The van der Waals surface area contributed by atoms with E-state index in [-0.39, 0.29) is 11.7 Å². The van der Waals surface area contributed by atoms with Gasteiger partial charge < -0.3 is 19.9 Å². The van der Waals surface area contributed by atoms with Gasteiger partial charge in [-0.2, -0.15) is 0 Å². The molecule has 5 nitrogen and oxygen atoms in total. The molecule has 2 rings (SSSR count). The molecule has 0 radical (unpaired) electrons. The van der Waals surface area contributed by atoms with Crippen molar-refractivity contribution < 1.29 is 19.4 Å². The van der Waals surface area contributed by atoms with Crippen LogP contribution in [0.25, 0.3) is 11.0 Å². The second-order valence-electron chi connectivity index (χ2n) is 4.87. The number of fused-ring (bicyclic) bond motifs is 1. The van der Waals surface area contributed by atoms with Gasteiger partial charge in [0.25, 0.3) is 0 Å². The number of carboxylic acids is 1. The fourth-order valence-electron chi connectivity index (χ4n) is 2.18. The summed E-state index contributed by atoms with van der Waals surface area (Å²) in [5.41, 5.74) is 0.814. The van der Waals surface area contributed by atoms with E-state index in [0.717, 1.165) is 12.8 Å². The third-order valence-corrected chi connectivity index (χ3v) is 3.14. The molecule has 0 aliphatic heterocycles. The van der Waals surface area contributed by atoms with Crippen molar-refractivity contribution in [2.24, 2.45) is 0 Å². The van der Waals surface area contributed by atoms with Gasteiger partial charge in [-0.15, -0.1) is 0 Å². The highest BCUT2D eigenvalue weighted by Gasteiger charge is 2.19. The van der Waals surface area contributed by atoms with Gasteiger partial charge >= 0.3 is 5.97 Å². The van der Waals surface area contributed by atoms with E-state index in [1.54, 1.807) is 25.1 Å². The molecule has 1 heterocycles. The Balaban J connectivity index is 2.06. The molecule has 0 bridgehead atoms. The first-order valence-corrected chi connectivity index (χ1v) is 6.72. The number of para-hydroxylation sites is 1. The van der Waals surface area contributed by atoms with Gasteiger partial charge in [0, 0.05) is 5.39 Å². The number of aliphatic hydroxyl groups excluding tert-OH is 1. The lowest BCUT2D eigenvalue weighted by Gasteiger charge is -2.05. The van der Waals surface area contributed by atoms with Crippen LogP contribution in [-0.2, 0) is 6.54 Å². The molecule has 1 unspecified atom stereocenters. The van der Waals surface area contributed by atoms with E-state index in [1.165, 1.54) is 0 Å². The third kappa shape index (κ3) is 3.37. The molecule has 0 saturated heterocycles. The SMILES string of the molecule is CC(O)CCCNCc1oc2ccccc2c1C(=O)O. The molecule has 0 fully saturated rings. The Kier molecular flexibility index (Phi) is 4.76. The molecule has 1 atom stereocenters. The minimum Gasteiger partial charge on any atom is -0.478 e. The molecule has 108 valence electrons. The highest BCUT2D eigenvalue weighted by atomic mass is 16.4. The van der Waals surface area contributed by atoms with Crippen LogP contribution in [0.15, 0.2) is 28.7 Å². The van der Waals surface area contributed by atoms with E-state index in [4.69, 9.17) is 9.52 Å². The summed E-state index contributed by atoms with van der Waals surface area (Å²) in [6.45, 7) is 2.83. The first-order valence-electron chi connectivity index (χ1n) is 6.72. The van der Waals surface area contributed by atoms with Crippen LogP contribution < -0.4 is 5.32 Å². The fourth-order valence-corrected chi connectivity index (χ4v) is 2.18. The van der Waals surface area contributed by atoms with Crippen LogP contribution in [0, 0.1) is 0 Å². The number of aliphatic hydroxyl groups is 1. The molecular weight excluding hydrogens is 258 g/mol. The van der Waals surface area contributed by atoms with E-state index in [0.29, 0.717) is 29.8 Å². The zero-order valence-corrected chi connectivity index (χ0v) is 11.4. The van der Waals surface area contributed by atoms with Crippen molar-refractivity contribution >= 4 is 16.9 Å². The zero-order valence-electron chi connectivity index (χ0n) is 11.4. The summed E-state index contributed by atoms with van der Waals surface area (Å²) < 4.78 is 5.60. The summed E-state index contributed by atoms with van der Waals surface area (Å²) in [6.07, 6.45) is 1.25. The molecule has 1 aromatic carbocycles. The maximum absolute atomic E-state index is 11.4. The lowest BCUT2D eigenvalue weighted by Crippen LogP contribution is -2.17. The molecule has 0 aliphatic rings. The van der Waals surface area contributed by atoms with Gasteiger partial charge in [-0.3, -0.25) is 0 Å². The van der Waals surface area contributed by atoms with E-state index in [9.17, 15) is 9.90 Å². The Bertz CT molecular complexity index is 589. The first kappa shape index (κ1) is 14.6. The average molecular weight is 277 g/mol. The number of furan rings is 1. The Morgan fingerprint density at radius 2 is 2.15 bits per heavy atom. The van der Waals surface area contributed by atoms with Crippen LogP contribution in [0.2, 0.25) is 0 Å². The lowest BCUT2D eigenvalue weighted by atomic mass is 10.1. The van der Waals surface area contributed by atoms with Crippen LogP contribution in [-0.4, -0.2) is 28.8 Å². The Hall–Kier alpha value is -1.85. The maximum atomic E-state index is 11.4. The number of carbonyl (C=O) groups is 1. The molecule has 0 aliphatic carbocycles. The monoisotopic (exact) mass is 277 g/mol.